The van der Waals surface area contributed by atoms with Crippen molar-refractivity contribution in [2.24, 2.45) is 11.8 Å². The number of anilines is 1. The Bertz CT molecular complexity index is 774. The first kappa shape index (κ1) is 13.0. The number of amides is 1. The predicted octanol–water partition coefficient (Wildman–Crippen LogP) is 0.786. The van der Waals surface area contributed by atoms with Crippen molar-refractivity contribution in [2.45, 2.75) is 11.7 Å². The Balaban J connectivity index is 1.54. The molecule has 0 aliphatic carbocycles. The Morgan fingerprint density at radius 3 is 2.96 bits per heavy atom. The standard InChI is InChI=1S/C16H13NO6/c18-14-13-12(15(19)20)10-3-4-16(13,23-10)6-17(14)8-1-2-9-11(5-8)22-7-21-9/h1-5,10,12-13H,6-7H2,(H,19,20)/t10-,12?,13?,16-/m1/s1. The summed E-state index contributed by atoms with van der Waals surface area (Å²) in [6, 6.07) is 5.26. The highest BCUT2D eigenvalue weighted by Crippen LogP contribution is 2.53. The van der Waals surface area contributed by atoms with Gasteiger partial charge < -0.3 is 24.2 Å². The number of fused-ring (bicyclic) bond motifs is 2. The monoisotopic (exact) mass is 315 g/mol. The van der Waals surface area contributed by atoms with E-state index in [0.29, 0.717) is 23.7 Å². The van der Waals surface area contributed by atoms with Crippen LogP contribution in [-0.4, -0.2) is 42.0 Å². The lowest BCUT2D eigenvalue weighted by atomic mass is 9.77. The molecular weight excluding hydrogens is 302 g/mol. The minimum Gasteiger partial charge on any atom is -0.481 e. The third kappa shape index (κ3) is 1.52. The van der Waals surface area contributed by atoms with Gasteiger partial charge >= 0.3 is 5.97 Å². The quantitative estimate of drug-likeness (QED) is 0.812. The maximum Gasteiger partial charge on any atom is 0.310 e. The first-order valence-corrected chi connectivity index (χ1v) is 7.40. The van der Waals surface area contributed by atoms with Gasteiger partial charge in [-0.05, 0) is 12.1 Å². The second-order valence-electron chi connectivity index (χ2n) is 6.20. The van der Waals surface area contributed by atoms with Crippen molar-refractivity contribution in [3.05, 3.63) is 30.4 Å². The fourth-order valence-electron chi connectivity index (χ4n) is 4.05. The molecule has 7 heteroatoms. The summed E-state index contributed by atoms with van der Waals surface area (Å²) in [6.07, 6.45) is 3.08. The number of rotatable bonds is 2. The van der Waals surface area contributed by atoms with Crippen LogP contribution >= 0.6 is 0 Å². The lowest BCUT2D eigenvalue weighted by Crippen LogP contribution is -2.39. The van der Waals surface area contributed by atoms with Crippen LogP contribution in [0, 0.1) is 11.8 Å². The Hall–Kier alpha value is -2.54. The molecule has 1 amide bonds. The average Bonchev–Trinajstić information content (AvgIpc) is 3.26. The molecule has 4 aliphatic rings. The van der Waals surface area contributed by atoms with E-state index >= 15 is 0 Å². The molecule has 0 saturated carbocycles. The Morgan fingerprint density at radius 1 is 1.30 bits per heavy atom. The summed E-state index contributed by atoms with van der Waals surface area (Å²) in [6.45, 7) is 0.473. The van der Waals surface area contributed by atoms with Gasteiger partial charge in [0.25, 0.3) is 0 Å². The van der Waals surface area contributed by atoms with Crippen LogP contribution in [-0.2, 0) is 14.3 Å². The third-order valence-electron chi connectivity index (χ3n) is 5.05. The summed E-state index contributed by atoms with van der Waals surface area (Å²) in [5.74, 6) is -1.50. The van der Waals surface area contributed by atoms with Gasteiger partial charge in [-0.3, -0.25) is 9.59 Å². The van der Waals surface area contributed by atoms with Gasteiger partial charge in [-0.2, -0.15) is 0 Å². The van der Waals surface area contributed by atoms with Crippen LogP contribution in [0.2, 0.25) is 0 Å². The van der Waals surface area contributed by atoms with Gasteiger partial charge in [0, 0.05) is 11.8 Å². The van der Waals surface area contributed by atoms with Crippen LogP contribution in [0.1, 0.15) is 0 Å². The number of benzene rings is 1. The predicted molar refractivity (Wildman–Crippen MR) is 76.3 cm³/mol. The van der Waals surface area contributed by atoms with E-state index in [4.69, 9.17) is 14.2 Å². The zero-order chi connectivity index (χ0) is 15.8. The van der Waals surface area contributed by atoms with E-state index < -0.39 is 29.5 Å². The number of ether oxygens (including phenoxy) is 3. The van der Waals surface area contributed by atoms with Crippen molar-refractivity contribution >= 4 is 17.6 Å². The molecular formula is C16H13NO6. The number of carboxylic acids is 1. The van der Waals surface area contributed by atoms with Crippen LogP contribution in [0.5, 0.6) is 11.5 Å². The lowest BCUT2D eigenvalue weighted by molar-refractivity contribution is -0.146. The molecule has 2 saturated heterocycles. The van der Waals surface area contributed by atoms with E-state index in [1.807, 2.05) is 6.08 Å². The van der Waals surface area contributed by atoms with Crippen molar-refractivity contribution in [2.75, 3.05) is 18.2 Å². The molecule has 0 radical (unpaired) electrons. The third-order valence-corrected chi connectivity index (χ3v) is 5.05. The summed E-state index contributed by atoms with van der Waals surface area (Å²) in [4.78, 5) is 26.0. The van der Waals surface area contributed by atoms with Crippen LogP contribution in [0.15, 0.2) is 30.4 Å². The molecule has 118 valence electrons. The number of nitrogens with zero attached hydrogens (tertiary/aromatic N) is 1. The van der Waals surface area contributed by atoms with E-state index in [1.54, 1.807) is 29.2 Å². The zero-order valence-corrected chi connectivity index (χ0v) is 12.0. The second kappa shape index (κ2) is 4.05. The van der Waals surface area contributed by atoms with Crippen molar-refractivity contribution in [1.29, 1.82) is 0 Å². The summed E-state index contributed by atoms with van der Waals surface area (Å²) in [5, 5.41) is 9.46. The average molecular weight is 315 g/mol. The van der Waals surface area contributed by atoms with E-state index in [9.17, 15) is 14.7 Å². The molecule has 1 aromatic rings. The summed E-state index contributed by atoms with van der Waals surface area (Å²) < 4.78 is 16.5. The van der Waals surface area contributed by atoms with Gasteiger partial charge in [0.15, 0.2) is 11.5 Å². The molecule has 2 fully saturated rings. The molecule has 1 N–H and O–H groups in total. The number of hydrogen-bond donors (Lipinski definition) is 1. The number of carboxylic acid groups (broad SMARTS) is 1. The minimum atomic E-state index is -0.993. The molecule has 2 unspecified atom stereocenters. The highest BCUT2D eigenvalue weighted by atomic mass is 16.7. The molecule has 4 heterocycles. The SMILES string of the molecule is O=C(O)C1C2C(=O)N(c3ccc4c(c3)OCO4)C[C@]23C=C[C@H]1O3. The van der Waals surface area contributed by atoms with Crippen LogP contribution < -0.4 is 14.4 Å². The Morgan fingerprint density at radius 2 is 2.13 bits per heavy atom. The zero-order valence-electron chi connectivity index (χ0n) is 12.0. The lowest BCUT2D eigenvalue weighted by Gasteiger charge is -2.21. The first-order chi connectivity index (χ1) is 11.1. The molecule has 23 heavy (non-hydrogen) atoms. The molecule has 4 atom stereocenters. The largest absolute Gasteiger partial charge is 0.481 e. The molecule has 4 aliphatic heterocycles. The maximum absolute atomic E-state index is 12.9. The minimum absolute atomic E-state index is 0.161. The van der Waals surface area contributed by atoms with Gasteiger partial charge in [0.05, 0.1) is 18.6 Å². The van der Waals surface area contributed by atoms with E-state index in [2.05, 4.69) is 0 Å². The molecule has 1 spiro atoms. The van der Waals surface area contributed by atoms with Gasteiger partial charge in [-0.1, -0.05) is 12.2 Å². The number of carbonyl (C=O) groups excluding carboxylic acids is 1. The summed E-state index contributed by atoms with van der Waals surface area (Å²) >= 11 is 0. The summed E-state index contributed by atoms with van der Waals surface area (Å²) in [5.41, 5.74) is -0.172. The molecule has 5 rings (SSSR count). The summed E-state index contributed by atoms with van der Waals surface area (Å²) in [7, 11) is 0. The van der Waals surface area contributed by atoms with Gasteiger partial charge in [-0.15, -0.1) is 0 Å². The molecule has 0 aromatic heterocycles. The van der Waals surface area contributed by atoms with Crippen LogP contribution in [0.4, 0.5) is 5.69 Å². The van der Waals surface area contributed by atoms with Gasteiger partial charge in [0.2, 0.25) is 12.7 Å². The van der Waals surface area contributed by atoms with Crippen molar-refractivity contribution in [3.8, 4) is 11.5 Å². The number of carbonyl (C=O) groups is 2. The van der Waals surface area contributed by atoms with Crippen molar-refractivity contribution < 1.29 is 28.9 Å². The van der Waals surface area contributed by atoms with E-state index in [1.165, 1.54) is 0 Å². The number of aliphatic carboxylic acids is 1. The van der Waals surface area contributed by atoms with Crippen LogP contribution in [0.25, 0.3) is 0 Å². The smallest absolute Gasteiger partial charge is 0.310 e. The normalized spacial score (nSPS) is 35.9. The van der Waals surface area contributed by atoms with Crippen LogP contribution in [0.3, 0.4) is 0 Å². The molecule has 2 bridgehead atoms. The fraction of sp³-hybridized carbons (Fsp3) is 0.375. The van der Waals surface area contributed by atoms with E-state index in [0.717, 1.165) is 0 Å². The first-order valence-electron chi connectivity index (χ1n) is 7.40. The van der Waals surface area contributed by atoms with E-state index in [-0.39, 0.29) is 12.7 Å². The van der Waals surface area contributed by atoms with Gasteiger partial charge in [0.1, 0.15) is 11.5 Å². The molecule has 1 aromatic carbocycles. The Labute approximate surface area is 131 Å². The number of hydrogen-bond acceptors (Lipinski definition) is 5. The highest BCUT2D eigenvalue weighted by Gasteiger charge is 2.67. The second-order valence-corrected chi connectivity index (χ2v) is 6.20. The fourth-order valence-corrected chi connectivity index (χ4v) is 4.05. The van der Waals surface area contributed by atoms with Crippen molar-refractivity contribution in [3.63, 3.8) is 0 Å². The molecule has 7 nitrogen and oxygen atoms in total. The van der Waals surface area contributed by atoms with Gasteiger partial charge in [-0.25, -0.2) is 0 Å². The van der Waals surface area contributed by atoms with Crippen molar-refractivity contribution in [1.82, 2.24) is 0 Å². The topological polar surface area (TPSA) is 85.3 Å². The Kier molecular flexibility index (Phi) is 2.28. The highest BCUT2D eigenvalue weighted by molar-refractivity contribution is 6.02. The maximum atomic E-state index is 12.9.